The van der Waals surface area contributed by atoms with Crippen molar-refractivity contribution in [3.8, 4) is 0 Å². The number of ether oxygens (including phenoxy) is 2. The summed E-state index contributed by atoms with van der Waals surface area (Å²) in [7, 11) is 0. The molecule has 1 heterocycles. The lowest BCUT2D eigenvalue weighted by Crippen LogP contribution is -2.37. The maximum absolute atomic E-state index is 12.1. The Morgan fingerprint density at radius 1 is 1.50 bits per heavy atom. The molecule has 0 aromatic heterocycles. The fourth-order valence-electron chi connectivity index (χ4n) is 1.99. The van der Waals surface area contributed by atoms with Gasteiger partial charge in [-0.2, -0.15) is 0 Å². The Balaban J connectivity index is 2.43. The summed E-state index contributed by atoms with van der Waals surface area (Å²) in [5.74, 6) is -0.0767. The molecule has 1 N–H and O–H groups in total. The highest BCUT2D eigenvalue weighted by atomic mass is 16.6. The van der Waals surface area contributed by atoms with Crippen molar-refractivity contribution in [2.45, 2.75) is 39.7 Å². The Morgan fingerprint density at radius 2 is 2.25 bits per heavy atom. The summed E-state index contributed by atoms with van der Waals surface area (Å²) in [6.07, 6.45) is 1.56. The molecule has 1 rings (SSSR count). The molecular formula is C12H23NO3. The molecule has 0 bridgehead atoms. The first-order valence-corrected chi connectivity index (χ1v) is 6.14. The second-order valence-corrected chi connectivity index (χ2v) is 4.44. The normalized spacial score (nSPS) is 26.7. The first kappa shape index (κ1) is 13.5. The minimum Gasteiger partial charge on any atom is -0.460 e. The van der Waals surface area contributed by atoms with Crippen molar-refractivity contribution < 1.29 is 14.3 Å². The largest absolute Gasteiger partial charge is 0.460 e. The summed E-state index contributed by atoms with van der Waals surface area (Å²) in [5, 5.41) is 3.23. The first-order valence-electron chi connectivity index (χ1n) is 6.14. The Bertz CT molecular complexity index is 224. The van der Waals surface area contributed by atoms with Crippen LogP contribution in [0, 0.1) is 5.41 Å². The molecule has 0 radical (unpaired) electrons. The summed E-state index contributed by atoms with van der Waals surface area (Å²) in [4.78, 5) is 12.1. The van der Waals surface area contributed by atoms with Gasteiger partial charge in [0.25, 0.3) is 0 Å². The van der Waals surface area contributed by atoms with Crippen LogP contribution in [0.3, 0.4) is 0 Å². The highest BCUT2D eigenvalue weighted by Crippen LogP contribution is 2.31. The molecule has 94 valence electrons. The molecule has 0 amide bonds. The van der Waals surface area contributed by atoms with Gasteiger partial charge in [0.05, 0.1) is 12.0 Å². The predicted octanol–water partition coefficient (Wildman–Crippen LogP) is 1.34. The van der Waals surface area contributed by atoms with Gasteiger partial charge < -0.3 is 14.8 Å². The van der Waals surface area contributed by atoms with E-state index >= 15 is 0 Å². The molecule has 4 nitrogen and oxygen atoms in total. The molecule has 1 fully saturated rings. The van der Waals surface area contributed by atoms with Crippen LogP contribution < -0.4 is 5.32 Å². The lowest BCUT2D eigenvalue weighted by Gasteiger charge is -2.26. The van der Waals surface area contributed by atoms with Crippen LogP contribution in [0.1, 0.15) is 33.6 Å². The van der Waals surface area contributed by atoms with Crippen molar-refractivity contribution in [2.75, 3.05) is 26.3 Å². The number of carbonyl (C=O) groups excluding carboxylic acids is 1. The zero-order valence-electron chi connectivity index (χ0n) is 10.5. The van der Waals surface area contributed by atoms with Crippen LogP contribution in [-0.4, -0.2) is 38.4 Å². The lowest BCUT2D eigenvalue weighted by molar-refractivity contribution is -0.162. The SMILES string of the molecule is CCOCC(C)OC(=O)C1(CC)CCNC1. The van der Waals surface area contributed by atoms with Gasteiger partial charge in [-0.25, -0.2) is 0 Å². The van der Waals surface area contributed by atoms with Crippen LogP contribution in [0.15, 0.2) is 0 Å². The second-order valence-electron chi connectivity index (χ2n) is 4.44. The zero-order valence-corrected chi connectivity index (χ0v) is 10.5. The highest BCUT2D eigenvalue weighted by molar-refractivity contribution is 5.77. The molecule has 1 saturated heterocycles. The number of nitrogens with one attached hydrogen (secondary N) is 1. The van der Waals surface area contributed by atoms with Crippen molar-refractivity contribution in [2.24, 2.45) is 5.41 Å². The molecule has 1 aliphatic heterocycles. The van der Waals surface area contributed by atoms with E-state index in [4.69, 9.17) is 9.47 Å². The third-order valence-corrected chi connectivity index (χ3v) is 3.22. The van der Waals surface area contributed by atoms with E-state index in [0.717, 1.165) is 25.9 Å². The van der Waals surface area contributed by atoms with Crippen LogP contribution in [-0.2, 0) is 14.3 Å². The van der Waals surface area contributed by atoms with Crippen molar-refractivity contribution in [1.82, 2.24) is 5.32 Å². The van der Waals surface area contributed by atoms with Crippen LogP contribution in [0.4, 0.5) is 0 Å². The molecular weight excluding hydrogens is 206 g/mol. The van der Waals surface area contributed by atoms with E-state index in [0.29, 0.717) is 13.2 Å². The molecule has 2 atom stereocenters. The maximum Gasteiger partial charge on any atom is 0.313 e. The van der Waals surface area contributed by atoms with Crippen molar-refractivity contribution >= 4 is 5.97 Å². The standard InChI is InChI=1S/C12H23NO3/c1-4-12(6-7-13-9-12)11(14)16-10(3)8-15-5-2/h10,13H,4-9H2,1-3H3. The summed E-state index contributed by atoms with van der Waals surface area (Å²) in [6.45, 7) is 8.63. The molecule has 0 spiro atoms. The predicted molar refractivity (Wildman–Crippen MR) is 62.3 cm³/mol. The molecule has 4 heteroatoms. The van der Waals surface area contributed by atoms with E-state index in [1.807, 2.05) is 20.8 Å². The number of hydrogen-bond acceptors (Lipinski definition) is 4. The van der Waals surface area contributed by atoms with Crippen LogP contribution in [0.25, 0.3) is 0 Å². The summed E-state index contributed by atoms with van der Waals surface area (Å²) < 4.78 is 10.7. The maximum atomic E-state index is 12.1. The Hall–Kier alpha value is -0.610. The van der Waals surface area contributed by atoms with Crippen LogP contribution >= 0.6 is 0 Å². The second kappa shape index (κ2) is 6.21. The summed E-state index contributed by atoms with van der Waals surface area (Å²) in [6, 6.07) is 0. The van der Waals surface area contributed by atoms with Gasteiger partial charge in [-0.05, 0) is 33.2 Å². The molecule has 0 aliphatic carbocycles. The fourth-order valence-corrected chi connectivity index (χ4v) is 1.99. The minimum absolute atomic E-state index is 0.0767. The molecule has 1 aliphatic rings. The van der Waals surface area contributed by atoms with Gasteiger partial charge in [0, 0.05) is 13.2 Å². The van der Waals surface area contributed by atoms with E-state index in [-0.39, 0.29) is 17.5 Å². The average Bonchev–Trinajstić information content (AvgIpc) is 2.76. The quantitative estimate of drug-likeness (QED) is 0.698. The van der Waals surface area contributed by atoms with Gasteiger partial charge in [-0.15, -0.1) is 0 Å². The van der Waals surface area contributed by atoms with Crippen molar-refractivity contribution in [3.63, 3.8) is 0 Å². The van der Waals surface area contributed by atoms with E-state index in [2.05, 4.69) is 5.32 Å². The molecule has 16 heavy (non-hydrogen) atoms. The van der Waals surface area contributed by atoms with E-state index in [9.17, 15) is 4.79 Å². The molecule has 0 aromatic rings. The zero-order chi connectivity index (χ0) is 12.0. The summed E-state index contributed by atoms with van der Waals surface area (Å²) >= 11 is 0. The summed E-state index contributed by atoms with van der Waals surface area (Å²) in [5.41, 5.74) is -0.305. The third-order valence-electron chi connectivity index (χ3n) is 3.22. The smallest absolute Gasteiger partial charge is 0.313 e. The van der Waals surface area contributed by atoms with Crippen LogP contribution in [0.5, 0.6) is 0 Å². The topological polar surface area (TPSA) is 47.6 Å². The minimum atomic E-state index is -0.305. The van der Waals surface area contributed by atoms with Crippen LogP contribution in [0.2, 0.25) is 0 Å². The highest BCUT2D eigenvalue weighted by Gasteiger charge is 2.41. The first-order chi connectivity index (χ1) is 7.64. The van der Waals surface area contributed by atoms with Gasteiger partial charge in [0.1, 0.15) is 6.10 Å². The lowest BCUT2D eigenvalue weighted by atomic mass is 9.84. The Kier molecular flexibility index (Phi) is 5.22. The van der Waals surface area contributed by atoms with Crippen molar-refractivity contribution in [3.05, 3.63) is 0 Å². The Labute approximate surface area is 97.7 Å². The van der Waals surface area contributed by atoms with Gasteiger partial charge in [0.2, 0.25) is 0 Å². The average molecular weight is 229 g/mol. The number of hydrogen-bond donors (Lipinski definition) is 1. The van der Waals surface area contributed by atoms with Gasteiger partial charge in [-0.1, -0.05) is 6.92 Å². The molecule has 0 aromatic carbocycles. The number of rotatable bonds is 6. The number of carbonyl (C=O) groups is 1. The third kappa shape index (κ3) is 3.19. The molecule has 2 unspecified atom stereocenters. The van der Waals surface area contributed by atoms with Crippen molar-refractivity contribution in [1.29, 1.82) is 0 Å². The number of esters is 1. The molecule has 0 saturated carbocycles. The monoisotopic (exact) mass is 229 g/mol. The van der Waals surface area contributed by atoms with Gasteiger partial charge in [-0.3, -0.25) is 4.79 Å². The fraction of sp³-hybridized carbons (Fsp3) is 0.917. The van der Waals surface area contributed by atoms with E-state index < -0.39 is 0 Å². The van der Waals surface area contributed by atoms with E-state index in [1.165, 1.54) is 0 Å². The van der Waals surface area contributed by atoms with Gasteiger partial charge >= 0.3 is 5.97 Å². The van der Waals surface area contributed by atoms with E-state index in [1.54, 1.807) is 0 Å². The Morgan fingerprint density at radius 3 is 2.75 bits per heavy atom. The van der Waals surface area contributed by atoms with Gasteiger partial charge in [0.15, 0.2) is 0 Å².